The number of carboxylic acids is 1. The minimum absolute atomic E-state index is 0.000244. The van der Waals surface area contributed by atoms with Crippen molar-refractivity contribution in [3.63, 3.8) is 0 Å². The van der Waals surface area contributed by atoms with Gasteiger partial charge in [0.1, 0.15) is 18.1 Å². The molecule has 2 aromatic rings. The Balaban J connectivity index is 1.56. The van der Waals surface area contributed by atoms with Gasteiger partial charge >= 0.3 is 5.97 Å². The lowest BCUT2D eigenvalue weighted by Crippen LogP contribution is -2.57. The van der Waals surface area contributed by atoms with Gasteiger partial charge in [-0.05, 0) is 37.8 Å². The molecule has 1 fully saturated rings. The molecule has 11 heteroatoms. The standard InChI is InChI=1S/C22H29N5O5S/c1-12(21(30)27-8-4-7-18(27)22(31)32)25-20(29)17(11-33)26-19(28)15(23)9-13-10-24-16-6-3-2-5-14(13)16/h2-3,5-6,10,12,15,17-18,24,33H,4,7-9,11,23H2,1H3,(H,25,29)(H,26,28)(H,31,32). The van der Waals surface area contributed by atoms with Gasteiger partial charge in [-0.15, -0.1) is 0 Å². The first kappa shape index (κ1) is 24.6. The van der Waals surface area contributed by atoms with Gasteiger partial charge in [0.2, 0.25) is 17.7 Å². The average molecular weight is 476 g/mol. The van der Waals surface area contributed by atoms with Crippen LogP contribution in [-0.2, 0) is 25.6 Å². The quantitative estimate of drug-likeness (QED) is 0.281. The van der Waals surface area contributed by atoms with Gasteiger partial charge in [-0.25, -0.2) is 4.79 Å². The Morgan fingerprint density at radius 1 is 1.24 bits per heavy atom. The molecule has 178 valence electrons. The van der Waals surface area contributed by atoms with Crippen molar-refractivity contribution in [3.05, 3.63) is 36.0 Å². The van der Waals surface area contributed by atoms with E-state index in [2.05, 4.69) is 28.2 Å². The second-order valence-corrected chi connectivity index (χ2v) is 8.54. The van der Waals surface area contributed by atoms with E-state index in [0.29, 0.717) is 19.4 Å². The minimum atomic E-state index is -1.07. The number of carbonyl (C=O) groups is 4. The second kappa shape index (κ2) is 10.7. The summed E-state index contributed by atoms with van der Waals surface area (Å²) in [5.41, 5.74) is 7.91. The molecule has 1 aromatic heterocycles. The summed E-state index contributed by atoms with van der Waals surface area (Å²) < 4.78 is 0. The van der Waals surface area contributed by atoms with Crippen molar-refractivity contribution < 1.29 is 24.3 Å². The maximum atomic E-state index is 12.7. The molecule has 6 N–H and O–H groups in total. The van der Waals surface area contributed by atoms with E-state index >= 15 is 0 Å². The number of aliphatic carboxylic acids is 1. The number of likely N-dealkylation sites (tertiary alicyclic amines) is 1. The minimum Gasteiger partial charge on any atom is -0.480 e. The molecular weight excluding hydrogens is 446 g/mol. The Bertz CT molecular complexity index is 1040. The van der Waals surface area contributed by atoms with Crippen LogP contribution in [0.4, 0.5) is 0 Å². The number of H-pyrrole nitrogens is 1. The Hall–Kier alpha value is -3.05. The fraction of sp³-hybridized carbons (Fsp3) is 0.455. The third kappa shape index (κ3) is 5.66. The van der Waals surface area contributed by atoms with Crippen LogP contribution in [0.3, 0.4) is 0 Å². The van der Waals surface area contributed by atoms with Crippen LogP contribution in [0.2, 0.25) is 0 Å². The zero-order valence-electron chi connectivity index (χ0n) is 18.3. The van der Waals surface area contributed by atoms with Crippen LogP contribution in [0.5, 0.6) is 0 Å². The number of aromatic amines is 1. The zero-order chi connectivity index (χ0) is 24.1. The number of hydrogen-bond donors (Lipinski definition) is 6. The van der Waals surface area contributed by atoms with E-state index in [1.54, 1.807) is 6.20 Å². The van der Waals surface area contributed by atoms with Crippen molar-refractivity contribution in [2.45, 2.75) is 50.4 Å². The van der Waals surface area contributed by atoms with Crippen LogP contribution >= 0.6 is 12.6 Å². The molecular formula is C22H29N5O5S. The Kier molecular flexibility index (Phi) is 7.98. The number of carboxylic acid groups (broad SMARTS) is 1. The first-order chi connectivity index (χ1) is 15.7. The highest BCUT2D eigenvalue weighted by molar-refractivity contribution is 7.80. The van der Waals surface area contributed by atoms with Gasteiger partial charge in [0.05, 0.1) is 6.04 Å². The lowest BCUT2D eigenvalue weighted by molar-refractivity contribution is -0.149. The molecule has 1 saturated heterocycles. The topological polar surface area (TPSA) is 158 Å². The number of nitrogens with zero attached hydrogens (tertiary/aromatic N) is 1. The number of para-hydroxylation sites is 1. The molecule has 33 heavy (non-hydrogen) atoms. The number of fused-ring (bicyclic) bond motifs is 1. The zero-order valence-corrected chi connectivity index (χ0v) is 19.2. The molecule has 4 atom stereocenters. The fourth-order valence-corrected chi connectivity index (χ4v) is 4.27. The van der Waals surface area contributed by atoms with Crippen LogP contribution in [0.25, 0.3) is 10.9 Å². The molecule has 1 aliphatic heterocycles. The van der Waals surface area contributed by atoms with Gasteiger partial charge in [-0.1, -0.05) is 18.2 Å². The highest BCUT2D eigenvalue weighted by atomic mass is 32.1. The number of benzene rings is 1. The van der Waals surface area contributed by atoms with Gasteiger partial charge in [0.25, 0.3) is 0 Å². The molecule has 1 aromatic carbocycles. The van der Waals surface area contributed by atoms with E-state index in [0.717, 1.165) is 16.5 Å². The van der Waals surface area contributed by atoms with E-state index in [1.807, 2.05) is 24.3 Å². The summed E-state index contributed by atoms with van der Waals surface area (Å²) in [4.78, 5) is 53.7. The van der Waals surface area contributed by atoms with Crippen molar-refractivity contribution in [2.75, 3.05) is 12.3 Å². The molecule has 0 bridgehead atoms. The molecule has 10 nitrogen and oxygen atoms in total. The van der Waals surface area contributed by atoms with Crippen LogP contribution in [0.1, 0.15) is 25.3 Å². The number of nitrogens with one attached hydrogen (secondary N) is 3. The molecule has 0 radical (unpaired) electrons. The van der Waals surface area contributed by atoms with Crippen LogP contribution in [0, 0.1) is 0 Å². The van der Waals surface area contributed by atoms with E-state index in [4.69, 9.17) is 5.73 Å². The highest BCUT2D eigenvalue weighted by Gasteiger charge is 2.36. The molecule has 3 amide bonds. The van der Waals surface area contributed by atoms with Gasteiger partial charge in [0, 0.05) is 29.4 Å². The van der Waals surface area contributed by atoms with Crippen molar-refractivity contribution >= 4 is 47.2 Å². The summed E-state index contributed by atoms with van der Waals surface area (Å²) in [7, 11) is 0. The molecule has 0 aliphatic carbocycles. The normalized spacial score (nSPS) is 18.5. The monoisotopic (exact) mass is 475 g/mol. The van der Waals surface area contributed by atoms with Crippen molar-refractivity contribution in [1.82, 2.24) is 20.5 Å². The number of thiol groups is 1. The lowest BCUT2D eigenvalue weighted by atomic mass is 10.0. The number of rotatable bonds is 9. The van der Waals surface area contributed by atoms with Crippen LogP contribution in [-0.4, -0.2) is 75.1 Å². The Morgan fingerprint density at radius 2 is 1.97 bits per heavy atom. The number of hydrogen-bond acceptors (Lipinski definition) is 6. The highest BCUT2D eigenvalue weighted by Crippen LogP contribution is 2.19. The smallest absolute Gasteiger partial charge is 0.326 e. The molecule has 0 spiro atoms. The first-order valence-electron chi connectivity index (χ1n) is 10.8. The maximum Gasteiger partial charge on any atom is 0.326 e. The van der Waals surface area contributed by atoms with E-state index < -0.39 is 47.9 Å². The van der Waals surface area contributed by atoms with Gasteiger partial charge in [-0.3, -0.25) is 14.4 Å². The van der Waals surface area contributed by atoms with Crippen molar-refractivity contribution in [1.29, 1.82) is 0 Å². The Labute approximate surface area is 196 Å². The largest absolute Gasteiger partial charge is 0.480 e. The van der Waals surface area contributed by atoms with Gasteiger partial charge < -0.3 is 31.4 Å². The average Bonchev–Trinajstić information content (AvgIpc) is 3.44. The maximum absolute atomic E-state index is 12.7. The molecule has 2 heterocycles. The lowest BCUT2D eigenvalue weighted by Gasteiger charge is -2.26. The number of nitrogens with two attached hydrogens (primary N) is 1. The summed E-state index contributed by atoms with van der Waals surface area (Å²) in [5, 5.41) is 15.4. The number of amides is 3. The van der Waals surface area contributed by atoms with E-state index in [1.165, 1.54) is 11.8 Å². The summed E-state index contributed by atoms with van der Waals surface area (Å²) in [6.45, 7) is 1.81. The second-order valence-electron chi connectivity index (χ2n) is 8.17. The molecule has 4 unspecified atom stereocenters. The Morgan fingerprint density at radius 3 is 2.67 bits per heavy atom. The van der Waals surface area contributed by atoms with Gasteiger partial charge in [-0.2, -0.15) is 12.6 Å². The molecule has 0 saturated carbocycles. The van der Waals surface area contributed by atoms with Crippen molar-refractivity contribution in [2.24, 2.45) is 5.73 Å². The van der Waals surface area contributed by atoms with E-state index in [9.17, 15) is 24.3 Å². The van der Waals surface area contributed by atoms with Crippen molar-refractivity contribution in [3.8, 4) is 0 Å². The summed E-state index contributed by atoms with van der Waals surface area (Å²) in [6.07, 6.45) is 3.05. The van der Waals surface area contributed by atoms with Crippen LogP contribution < -0.4 is 16.4 Å². The SMILES string of the molecule is CC(NC(=O)C(CS)NC(=O)C(N)Cc1c[nH]c2ccccc12)C(=O)N1CCCC1C(=O)O. The number of carbonyl (C=O) groups excluding carboxylic acids is 3. The summed E-state index contributed by atoms with van der Waals surface area (Å²) in [6, 6.07) is 3.94. The summed E-state index contributed by atoms with van der Waals surface area (Å²) in [5.74, 6) is -2.65. The first-order valence-corrected chi connectivity index (χ1v) is 11.4. The third-order valence-electron chi connectivity index (χ3n) is 5.82. The van der Waals surface area contributed by atoms with Crippen LogP contribution in [0.15, 0.2) is 30.5 Å². The predicted octanol–water partition coefficient (Wildman–Crippen LogP) is 0.0326. The van der Waals surface area contributed by atoms with E-state index in [-0.39, 0.29) is 12.2 Å². The number of aromatic nitrogens is 1. The predicted molar refractivity (Wildman–Crippen MR) is 126 cm³/mol. The molecule has 3 rings (SSSR count). The summed E-state index contributed by atoms with van der Waals surface area (Å²) >= 11 is 4.14. The third-order valence-corrected chi connectivity index (χ3v) is 6.18. The fourth-order valence-electron chi connectivity index (χ4n) is 4.01. The molecule has 1 aliphatic rings. The van der Waals surface area contributed by atoms with Gasteiger partial charge in [0.15, 0.2) is 0 Å².